The van der Waals surface area contributed by atoms with E-state index in [9.17, 15) is 9.90 Å². The summed E-state index contributed by atoms with van der Waals surface area (Å²) in [6.07, 6.45) is 1.73. The van der Waals surface area contributed by atoms with E-state index >= 15 is 0 Å². The molecule has 0 saturated carbocycles. The Kier molecular flexibility index (Phi) is 7.35. The normalized spacial score (nSPS) is 10.7. The summed E-state index contributed by atoms with van der Waals surface area (Å²) in [5.74, 6) is -0.111. The number of halogens is 2. The van der Waals surface area contributed by atoms with Crippen LogP contribution in [-0.2, 0) is 0 Å². The number of hydrogen-bond donors (Lipinski definition) is 2. The lowest BCUT2D eigenvalue weighted by Gasteiger charge is -2.13. The Morgan fingerprint density at radius 2 is 1.81 bits per heavy atom. The third-order valence-corrected chi connectivity index (χ3v) is 5.24. The molecule has 0 aromatic heterocycles. The van der Waals surface area contributed by atoms with E-state index in [4.69, 9.17) is 16.3 Å². The molecule has 0 heterocycles. The maximum Gasteiger partial charge on any atom is 0.337 e. The quantitative estimate of drug-likeness (QED) is 0.494. The van der Waals surface area contributed by atoms with Gasteiger partial charge in [0.25, 0.3) is 0 Å². The number of aryl methyl sites for hydroxylation is 3. The first kappa shape index (κ1) is 20.6. The molecular formula is C20H23BrClNO3. The number of benzene rings is 2. The van der Waals surface area contributed by atoms with Gasteiger partial charge in [-0.05, 0) is 90.5 Å². The van der Waals surface area contributed by atoms with Gasteiger partial charge in [-0.25, -0.2) is 4.79 Å². The zero-order valence-electron chi connectivity index (χ0n) is 15.2. The standard InChI is InChI=1S/C20H23BrClNO3/c1-12-8-16(20(24)25)19(17(21)9-12)23-6-4-5-7-26-15-10-13(2)18(22)14(3)11-15/h8-11,23H,4-7H2,1-3H3,(H,24,25). The van der Waals surface area contributed by atoms with Crippen LogP contribution in [0, 0.1) is 20.8 Å². The lowest BCUT2D eigenvalue weighted by molar-refractivity contribution is 0.0697. The van der Waals surface area contributed by atoms with Crippen LogP contribution in [0.2, 0.25) is 5.02 Å². The van der Waals surface area contributed by atoms with Gasteiger partial charge in [0.1, 0.15) is 5.75 Å². The van der Waals surface area contributed by atoms with Gasteiger partial charge in [0.2, 0.25) is 0 Å². The predicted molar refractivity (Wildman–Crippen MR) is 110 cm³/mol. The van der Waals surface area contributed by atoms with Crippen LogP contribution in [0.25, 0.3) is 0 Å². The highest BCUT2D eigenvalue weighted by molar-refractivity contribution is 9.10. The molecule has 140 valence electrons. The Morgan fingerprint density at radius 3 is 2.42 bits per heavy atom. The number of carbonyl (C=O) groups is 1. The Labute approximate surface area is 167 Å². The fourth-order valence-electron chi connectivity index (χ4n) is 2.71. The fourth-order valence-corrected chi connectivity index (χ4v) is 3.53. The van der Waals surface area contributed by atoms with Crippen molar-refractivity contribution in [1.29, 1.82) is 0 Å². The summed E-state index contributed by atoms with van der Waals surface area (Å²) in [6, 6.07) is 7.46. The van der Waals surface area contributed by atoms with Crippen molar-refractivity contribution >= 4 is 39.2 Å². The number of anilines is 1. The molecule has 0 aliphatic rings. The first-order valence-electron chi connectivity index (χ1n) is 8.46. The maximum atomic E-state index is 11.4. The molecule has 0 radical (unpaired) electrons. The average Bonchev–Trinajstić information content (AvgIpc) is 2.56. The smallest absolute Gasteiger partial charge is 0.337 e. The topological polar surface area (TPSA) is 58.6 Å². The van der Waals surface area contributed by atoms with Crippen molar-refractivity contribution in [2.45, 2.75) is 33.6 Å². The zero-order valence-corrected chi connectivity index (χ0v) is 17.5. The van der Waals surface area contributed by atoms with Crippen molar-refractivity contribution < 1.29 is 14.6 Å². The van der Waals surface area contributed by atoms with Gasteiger partial charge in [-0.1, -0.05) is 11.6 Å². The molecule has 0 aliphatic carbocycles. The van der Waals surface area contributed by atoms with Crippen LogP contribution < -0.4 is 10.1 Å². The molecule has 6 heteroatoms. The first-order chi connectivity index (χ1) is 12.3. The molecule has 0 fully saturated rings. The van der Waals surface area contributed by atoms with E-state index in [2.05, 4.69) is 21.2 Å². The van der Waals surface area contributed by atoms with Gasteiger partial charge in [0.05, 0.1) is 17.9 Å². The predicted octanol–water partition coefficient (Wildman–Crippen LogP) is 6.00. The van der Waals surface area contributed by atoms with Crippen LogP contribution in [0.4, 0.5) is 5.69 Å². The molecule has 0 atom stereocenters. The number of rotatable bonds is 8. The Morgan fingerprint density at radius 1 is 1.15 bits per heavy atom. The van der Waals surface area contributed by atoms with Gasteiger partial charge in [0.15, 0.2) is 0 Å². The highest BCUT2D eigenvalue weighted by atomic mass is 79.9. The van der Waals surface area contributed by atoms with E-state index < -0.39 is 5.97 Å². The third-order valence-electron chi connectivity index (χ3n) is 4.02. The molecule has 0 aliphatic heterocycles. The van der Waals surface area contributed by atoms with Crippen LogP contribution in [0.1, 0.15) is 39.9 Å². The number of carboxylic acid groups (broad SMARTS) is 1. The van der Waals surface area contributed by atoms with Gasteiger partial charge < -0.3 is 15.2 Å². The van der Waals surface area contributed by atoms with Crippen molar-refractivity contribution in [2.24, 2.45) is 0 Å². The Bertz CT molecular complexity index is 785. The van der Waals surface area contributed by atoms with Crippen molar-refractivity contribution in [2.75, 3.05) is 18.5 Å². The molecule has 0 amide bonds. The average molecular weight is 441 g/mol. The maximum absolute atomic E-state index is 11.4. The minimum absolute atomic E-state index is 0.278. The molecule has 2 aromatic carbocycles. The summed E-state index contributed by atoms with van der Waals surface area (Å²) >= 11 is 9.60. The molecule has 4 nitrogen and oxygen atoms in total. The van der Waals surface area contributed by atoms with Gasteiger partial charge in [0, 0.05) is 16.0 Å². The van der Waals surface area contributed by atoms with E-state index in [0.29, 0.717) is 18.8 Å². The lowest BCUT2D eigenvalue weighted by Crippen LogP contribution is -2.10. The van der Waals surface area contributed by atoms with Crippen molar-refractivity contribution in [3.8, 4) is 5.75 Å². The summed E-state index contributed by atoms with van der Waals surface area (Å²) in [4.78, 5) is 11.4. The van der Waals surface area contributed by atoms with E-state index in [-0.39, 0.29) is 5.56 Å². The largest absolute Gasteiger partial charge is 0.494 e. The van der Waals surface area contributed by atoms with Gasteiger partial charge in [-0.2, -0.15) is 0 Å². The second kappa shape index (κ2) is 9.28. The summed E-state index contributed by atoms with van der Waals surface area (Å²) in [7, 11) is 0. The van der Waals surface area contributed by atoms with E-state index in [1.165, 1.54) is 0 Å². The molecule has 0 bridgehead atoms. The van der Waals surface area contributed by atoms with E-state index in [1.807, 2.05) is 39.0 Å². The summed E-state index contributed by atoms with van der Waals surface area (Å²) in [5.41, 5.74) is 3.82. The highest BCUT2D eigenvalue weighted by Gasteiger charge is 2.13. The highest BCUT2D eigenvalue weighted by Crippen LogP contribution is 2.29. The number of carboxylic acids is 1. The van der Waals surface area contributed by atoms with Crippen LogP contribution in [0.3, 0.4) is 0 Å². The van der Waals surface area contributed by atoms with Crippen molar-refractivity contribution in [3.05, 3.63) is 56.0 Å². The number of nitrogens with one attached hydrogen (secondary N) is 1. The van der Waals surface area contributed by atoms with Gasteiger partial charge in [-0.3, -0.25) is 0 Å². The molecule has 0 spiro atoms. The minimum atomic E-state index is -0.936. The van der Waals surface area contributed by atoms with Crippen LogP contribution >= 0.6 is 27.5 Å². The number of unbranched alkanes of at least 4 members (excludes halogenated alkanes) is 1. The number of ether oxygens (including phenoxy) is 1. The Hall–Kier alpha value is -1.72. The SMILES string of the molecule is Cc1cc(Br)c(NCCCCOc2cc(C)c(Cl)c(C)c2)c(C(=O)O)c1. The molecule has 0 saturated heterocycles. The summed E-state index contributed by atoms with van der Waals surface area (Å²) < 4.78 is 6.55. The van der Waals surface area contributed by atoms with Gasteiger partial charge >= 0.3 is 5.97 Å². The minimum Gasteiger partial charge on any atom is -0.494 e. The number of aromatic carboxylic acids is 1. The van der Waals surface area contributed by atoms with Gasteiger partial charge in [-0.15, -0.1) is 0 Å². The second-order valence-electron chi connectivity index (χ2n) is 6.33. The van der Waals surface area contributed by atoms with E-state index in [0.717, 1.165) is 44.8 Å². The van der Waals surface area contributed by atoms with Crippen LogP contribution in [0.5, 0.6) is 5.75 Å². The first-order valence-corrected chi connectivity index (χ1v) is 9.63. The zero-order chi connectivity index (χ0) is 19.3. The monoisotopic (exact) mass is 439 g/mol. The molecule has 0 unspecified atom stereocenters. The van der Waals surface area contributed by atoms with Crippen LogP contribution in [-0.4, -0.2) is 24.2 Å². The Balaban J connectivity index is 1.82. The van der Waals surface area contributed by atoms with Crippen LogP contribution in [0.15, 0.2) is 28.7 Å². The molecule has 2 rings (SSSR count). The van der Waals surface area contributed by atoms with Crippen molar-refractivity contribution in [1.82, 2.24) is 0 Å². The summed E-state index contributed by atoms with van der Waals surface area (Å²) in [6.45, 7) is 7.07. The van der Waals surface area contributed by atoms with Crippen molar-refractivity contribution in [3.63, 3.8) is 0 Å². The molecule has 2 aromatic rings. The molecule has 26 heavy (non-hydrogen) atoms. The third kappa shape index (κ3) is 5.39. The lowest BCUT2D eigenvalue weighted by atomic mass is 10.1. The molecule has 2 N–H and O–H groups in total. The fraction of sp³-hybridized carbons (Fsp3) is 0.350. The number of hydrogen-bond acceptors (Lipinski definition) is 3. The van der Waals surface area contributed by atoms with E-state index in [1.54, 1.807) is 6.07 Å². The summed E-state index contributed by atoms with van der Waals surface area (Å²) in [5, 5.41) is 13.3. The second-order valence-corrected chi connectivity index (χ2v) is 7.56. The molecular weight excluding hydrogens is 418 g/mol.